The first-order valence-electron chi connectivity index (χ1n) is 37.2. The fourth-order valence-corrected chi connectivity index (χ4v) is 10.7. The molecular weight excluding hydrogens is 1510 g/mol. The van der Waals surface area contributed by atoms with Crippen LogP contribution in [-0.2, 0) is 64.1 Å². The summed E-state index contributed by atoms with van der Waals surface area (Å²) in [6.07, 6.45) is -3.21. The van der Waals surface area contributed by atoms with Gasteiger partial charge in [-0.1, -0.05) is 30.3 Å². The van der Waals surface area contributed by atoms with E-state index in [-0.39, 0.29) is 188 Å². The number of aliphatic carboxylic acids is 2. The lowest BCUT2D eigenvalue weighted by atomic mass is 10.0. The second kappa shape index (κ2) is 57.8. The number of nitrogens with two attached hydrogens (primary N) is 8. The van der Waals surface area contributed by atoms with E-state index in [1.54, 1.807) is 30.3 Å². The SMILES string of the molecule is N=C(N)NCCC[C@H](NC(=O)CCC(=O)O)C(=O)N[C@@H](CCCNC(=N)N)C(=O)N[C@@H](CCCNC(=N)N)C(=O)N[C@@H](CCCNC(=N)N)C(=O)N[C@@H](CCCNC(=N)N)C(=O)N[C@@H](CCCNC(=N)N)C(=O)N[C@@H](CCCNC(=N)N)C(=O)N[C@@H](CCCNC(=N)N)C(=O)N[C@@H](CCCCNC(=O)OCc1ccccc1)C(=O)O. The smallest absolute Gasteiger partial charge is 0.407 e. The summed E-state index contributed by atoms with van der Waals surface area (Å²) in [6.45, 7) is -0.0901. The van der Waals surface area contributed by atoms with Crippen LogP contribution in [0.5, 0.6) is 0 Å². The average molecular weight is 1630 g/mol. The van der Waals surface area contributed by atoms with Crippen LogP contribution in [0.3, 0.4) is 0 Å². The number of carboxylic acid groups (broad SMARTS) is 2. The van der Waals surface area contributed by atoms with Crippen molar-refractivity contribution in [3.8, 4) is 0 Å². The van der Waals surface area contributed by atoms with Gasteiger partial charge in [0.2, 0.25) is 53.2 Å². The van der Waals surface area contributed by atoms with Crippen molar-refractivity contribution in [2.75, 3.05) is 58.9 Å². The Morgan fingerprint density at radius 3 is 0.730 bits per heavy atom. The van der Waals surface area contributed by atoms with Gasteiger partial charge >= 0.3 is 18.0 Å². The van der Waals surface area contributed by atoms with Crippen LogP contribution < -0.4 is 142 Å². The molecule has 0 spiro atoms. The van der Waals surface area contributed by atoms with Gasteiger partial charge in [-0.2, -0.15) is 0 Å². The molecule has 44 N–H and O–H groups in total. The molecule has 0 saturated carbocycles. The van der Waals surface area contributed by atoms with E-state index < -0.39 is 186 Å². The second-order valence-electron chi connectivity index (χ2n) is 26.2. The third kappa shape index (κ3) is 49.6. The number of carbonyl (C=O) groups excluding carboxylic acids is 10. The van der Waals surface area contributed by atoms with Crippen molar-refractivity contribution in [2.24, 2.45) is 45.9 Å². The van der Waals surface area contributed by atoms with E-state index in [4.69, 9.17) is 93.9 Å². The minimum Gasteiger partial charge on any atom is -0.481 e. The minimum atomic E-state index is -1.64. The Kier molecular flexibility index (Phi) is 50.2. The Bertz CT molecular complexity index is 3390. The Hall–Kier alpha value is -13.2. The number of hydrogen-bond acceptors (Lipinski definition) is 21. The summed E-state index contributed by atoms with van der Waals surface area (Å²) in [5.41, 5.74) is 44.9. The minimum absolute atomic E-state index is 0.00193. The van der Waals surface area contributed by atoms with Gasteiger partial charge in [0.15, 0.2) is 47.7 Å². The molecule has 1 aromatic carbocycles. The van der Waals surface area contributed by atoms with Crippen LogP contribution in [-0.4, -0.2) is 242 Å². The largest absolute Gasteiger partial charge is 0.481 e. The van der Waals surface area contributed by atoms with Gasteiger partial charge < -0.3 is 157 Å². The zero-order chi connectivity index (χ0) is 86.2. The molecule has 0 fully saturated rings. The lowest BCUT2D eigenvalue weighted by Crippen LogP contribution is -2.60. The molecule has 10 amide bonds. The van der Waals surface area contributed by atoms with Crippen LogP contribution >= 0.6 is 0 Å². The van der Waals surface area contributed by atoms with Gasteiger partial charge in [-0.3, -0.25) is 91.2 Å². The molecule has 644 valence electrons. The van der Waals surface area contributed by atoms with Crippen LogP contribution in [0, 0.1) is 43.3 Å². The summed E-state index contributed by atoms with van der Waals surface area (Å²) in [7, 11) is 0. The molecule has 0 unspecified atom stereocenters. The Balaban J connectivity index is 3.96. The summed E-state index contributed by atoms with van der Waals surface area (Å²) in [5.74, 6) is -15.1. The first-order chi connectivity index (χ1) is 54.5. The summed E-state index contributed by atoms with van der Waals surface area (Å²) in [6, 6.07) is -5.12. The van der Waals surface area contributed by atoms with Gasteiger partial charge in [-0.15, -0.1) is 0 Å². The normalized spacial score (nSPS) is 12.9. The topological polar surface area (TPSA) is 870 Å². The van der Waals surface area contributed by atoms with Gasteiger partial charge in [0.1, 0.15) is 61.0 Å². The monoisotopic (exact) mass is 1630 g/mol. The Morgan fingerprint density at radius 1 is 0.287 bits per heavy atom. The number of guanidine groups is 8. The maximum Gasteiger partial charge on any atom is 0.407 e. The van der Waals surface area contributed by atoms with Crippen molar-refractivity contribution in [1.29, 1.82) is 43.3 Å². The van der Waals surface area contributed by atoms with Crippen molar-refractivity contribution in [1.82, 2.24) is 95.7 Å². The summed E-state index contributed by atoms with van der Waals surface area (Å²) in [5, 5.41) is 127. The highest BCUT2D eigenvalue weighted by molar-refractivity contribution is 5.99. The van der Waals surface area contributed by atoms with Gasteiger partial charge in [0, 0.05) is 65.3 Å². The Labute approximate surface area is 664 Å². The van der Waals surface area contributed by atoms with E-state index >= 15 is 0 Å². The molecule has 1 aromatic rings. The number of alkyl carbamates (subject to hydrolysis) is 1. The highest BCUT2D eigenvalue weighted by Crippen LogP contribution is 2.13. The van der Waals surface area contributed by atoms with Crippen molar-refractivity contribution in [3.05, 3.63) is 35.9 Å². The van der Waals surface area contributed by atoms with Gasteiger partial charge in [-0.05, 0) is 128 Å². The lowest BCUT2D eigenvalue weighted by Gasteiger charge is -2.28. The number of carbonyl (C=O) groups is 12. The van der Waals surface area contributed by atoms with Gasteiger partial charge in [-0.25, -0.2) is 9.59 Å². The molecule has 0 saturated heterocycles. The van der Waals surface area contributed by atoms with Crippen LogP contribution in [0.25, 0.3) is 0 Å². The second-order valence-corrected chi connectivity index (χ2v) is 26.2. The molecule has 0 radical (unpaired) electrons. The van der Waals surface area contributed by atoms with Crippen LogP contribution in [0.1, 0.15) is 140 Å². The van der Waals surface area contributed by atoms with Crippen molar-refractivity contribution in [3.63, 3.8) is 0 Å². The zero-order valence-electron chi connectivity index (χ0n) is 64.3. The molecule has 0 aliphatic rings. The van der Waals surface area contributed by atoms with E-state index in [1.807, 2.05) is 0 Å². The maximum absolute atomic E-state index is 14.9. The summed E-state index contributed by atoms with van der Waals surface area (Å²) < 4.78 is 5.22. The van der Waals surface area contributed by atoms with Crippen LogP contribution in [0.4, 0.5) is 4.79 Å². The third-order valence-electron chi connectivity index (χ3n) is 16.5. The average Bonchev–Trinajstić information content (AvgIpc) is 0.860. The Morgan fingerprint density at radius 2 is 0.504 bits per heavy atom. The molecular formula is C66H120N34O15. The number of amides is 10. The molecule has 49 heteroatoms. The predicted octanol–water partition coefficient (Wildman–Crippen LogP) is -8.50. The first kappa shape index (κ1) is 99.8. The fraction of sp³-hybridized carbons (Fsp3) is 0.606. The van der Waals surface area contributed by atoms with Crippen molar-refractivity contribution >= 4 is 119 Å². The molecule has 0 aromatic heterocycles. The third-order valence-corrected chi connectivity index (χ3v) is 16.5. The standard InChI is InChI=1S/C66H120N34O15/c67-58(68)83-28-6-17-38(92-47(101)25-26-48(102)103)49(104)93-39(18-7-29-84-59(69)70)50(105)94-40(19-8-30-85-60(71)72)51(106)95-41(20-9-31-86-61(73)74)52(107)96-42(21-10-32-87-62(75)76)53(108)97-43(22-11-33-88-63(77)78)54(109)98-44(23-12-34-89-64(79)80)55(110)99-45(24-13-35-90-65(81)82)56(111)100-46(57(112)113)16-4-5-27-91-66(114)115-36-37-14-2-1-3-15-37/h1-3,14-15,38-46H,4-13,16-36H2,(H,91,114)(H,92,101)(H,93,104)(H,94,105)(H,95,106)(H,96,107)(H,97,108)(H,98,109)(H,99,110)(H,100,111)(H,102,103)(H,112,113)(H4,67,68,83)(H4,69,70,84)(H4,71,72,85)(H4,73,74,86)(H4,75,76,87)(H4,77,78,88)(H4,79,80,89)(H4,81,82,90)/t38-,39-,40-,41-,42-,43-,44-,45-,46-/m0/s1. The molecule has 1 rings (SSSR count). The number of rotatable bonds is 60. The summed E-state index contributed by atoms with van der Waals surface area (Å²) >= 11 is 0. The van der Waals surface area contributed by atoms with Crippen LogP contribution in [0.2, 0.25) is 0 Å². The van der Waals surface area contributed by atoms with E-state index in [2.05, 4.69) is 95.7 Å². The van der Waals surface area contributed by atoms with E-state index in [0.717, 1.165) is 5.56 Å². The predicted molar refractivity (Wildman–Crippen MR) is 424 cm³/mol. The summed E-state index contributed by atoms with van der Waals surface area (Å²) in [4.78, 5) is 166. The number of nitrogens with one attached hydrogen (secondary N) is 26. The molecule has 49 nitrogen and oxygen atoms in total. The molecule has 0 bridgehead atoms. The maximum atomic E-state index is 14.9. The zero-order valence-corrected chi connectivity index (χ0v) is 64.3. The lowest BCUT2D eigenvalue weighted by molar-refractivity contribution is -0.142. The quantitative estimate of drug-likeness (QED) is 0.0164. The highest BCUT2D eigenvalue weighted by atomic mass is 16.5. The van der Waals surface area contributed by atoms with Crippen LogP contribution in [0.15, 0.2) is 30.3 Å². The van der Waals surface area contributed by atoms with E-state index in [1.165, 1.54) is 0 Å². The first-order valence-corrected chi connectivity index (χ1v) is 37.2. The van der Waals surface area contributed by atoms with Gasteiger partial charge in [0.25, 0.3) is 0 Å². The van der Waals surface area contributed by atoms with E-state index in [0.29, 0.717) is 0 Å². The number of hydrogen-bond donors (Lipinski definition) is 36. The molecule has 0 aliphatic carbocycles. The molecule has 0 aliphatic heterocycles. The fourth-order valence-electron chi connectivity index (χ4n) is 10.7. The number of ether oxygens (including phenoxy) is 1. The number of carboxylic acids is 2. The van der Waals surface area contributed by atoms with Gasteiger partial charge in [0.05, 0.1) is 6.42 Å². The number of unbranched alkanes of at least 4 members (excludes halogenated alkanes) is 1. The highest BCUT2D eigenvalue weighted by Gasteiger charge is 2.36. The molecule has 9 atom stereocenters. The van der Waals surface area contributed by atoms with Crippen molar-refractivity contribution < 1.29 is 72.5 Å². The molecule has 0 heterocycles. The van der Waals surface area contributed by atoms with Crippen molar-refractivity contribution in [2.45, 2.75) is 196 Å². The van der Waals surface area contributed by atoms with E-state index in [9.17, 15) is 67.7 Å². The number of benzene rings is 1. The molecule has 115 heavy (non-hydrogen) atoms.